The van der Waals surface area contributed by atoms with Gasteiger partial charge in [-0.2, -0.15) is 0 Å². The summed E-state index contributed by atoms with van der Waals surface area (Å²) in [6, 6.07) is 4.11. The minimum Gasteiger partial charge on any atom is -0.378 e. The van der Waals surface area contributed by atoms with Gasteiger partial charge in [0.15, 0.2) is 5.96 Å². The van der Waals surface area contributed by atoms with Gasteiger partial charge in [0.1, 0.15) is 5.82 Å². The largest absolute Gasteiger partial charge is 0.378 e. The summed E-state index contributed by atoms with van der Waals surface area (Å²) in [5, 5.41) is 6.80. The van der Waals surface area contributed by atoms with Crippen molar-refractivity contribution in [3.05, 3.63) is 23.9 Å². The average molecular weight is 348 g/mol. The van der Waals surface area contributed by atoms with Crippen molar-refractivity contribution in [3.63, 3.8) is 0 Å². The Bertz CT molecular complexity index is 526. The molecule has 2 N–H and O–H groups in total. The van der Waals surface area contributed by atoms with Crippen molar-refractivity contribution in [2.24, 2.45) is 10.9 Å². The minimum absolute atomic E-state index is 0.714. The average Bonchev–Trinajstić information content (AvgIpc) is 2.64. The number of pyridine rings is 1. The third-order valence-corrected chi connectivity index (χ3v) is 4.35. The zero-order valence-electron chi connectivity index (χ0n) is 15.9. The lowest BCUT2D eigenvalue weighted by atomic mass is 10.1. The molecule has 6 nitrogen and oxygen atoms in total. The first-order valence-corrected chi connectivity index (χ1v) is 9.41. The number of guanidine groups is 1. The number of nitrogens with zero attached hydrogens (tertiary/aromatic N) is 3. The summed E-state index contributed by atoms with van der Waals surface area (Å²) >= 11 is 0. The van der Waals surface area contributed by atoms with Crippen molar-refractivity contribution in [1.82, 2.24) is 15.6 Å². The van der Waals surface area contributed by atoms with E-state index in [4.69, 9.17) is 4.74 Å². The van der Waals surface area contributed by atoms with Crippen LogP contribution in [-0.4, -0.2) is 50.8 Å². The molecule has 1 aromatic rings. The number of ether oxygens (including phenoxy) is 1. The number of nitrogens with one attached hydrogen (secondary N) is 2. The molecular formula is C19H33N5O. The third kappa shape index (κ3) is 6.90. The van der Waals surface area contributed by atoms with Crippen LogP contribution in [0, 0.1) is 5.92 Å². The minimum atomic E-state index is 0.714. The summed E-state index contributed by atoms with van der Waals surface area (Å²) in [4.78, 5) is 11.2. The van der Waals surface area contributed by atoms with E-state index in [0.29, 0.717) is 6.54 Å². The van der Waals surface area contributed by atoms with Gasteiger partial charge >= 0.3 is 0 Å². The summed E-state index contributed by atoms with van der Waals surface area (Å²) in [7, 11) is 1.82. The van der Waals surface area contributed by atoms with Crippen molar-refractivity contribution in [2.45, 2.75) is 39.7 Å². The molecule has 0 amide bonds. The van der Waals surface area contributed by atoms with Gasteiger partial charge in [0, 0.05) is 45.0 Å². The number of aromatic nitrogens is 1. The van der Waals surface area contributed by atoms with E-state index in [1.807, 2.05) is 19.3 Å². The van der Waals surface area contributed by atoms with Crippen LogP contribution in [0.25, 0.3) is 0 Å². The number of anilines is 1. The Balaban J connectivity index is 1.81. The van der Waals surface area contributed by atoms with Crippen molar-refractivity contribution in [3.8, 4) is 0 Å². The molecule has 25 heavy (non-hydrogen) atoms. The van der Waals surface area contributed by atoms with Gasteiger partial charge in [-0.1, -0.05) is 32.8 Å². The lowest BCUT2D eigenvalue weighted by Crippen LogP contribution is -2.39. The van der Waals surface area contributed by atoms with Gasteiger partial charge < -0.3 is 20.3 Å². The third-order valence-electron chi connectivity index (χ3n) is 4.35. The molecular weight excluding hydrogens is 314 g/mol. The van der Waals surface area contributed by atoms with Crippen molar-refractivity contribution in [2.75, 3.05) is 44.8 Å². The maximum absolute atomic E-state index is 5.44. The fraction of sp³-hybridized carbons (Fsp3) is 0.684. The number of morpholine rings is 1. The van der Waals surface area contributed by atoms with Gasteiger partial charge in [-0.3, -0.25) is 4.99 Å². The fourth-order valence-corrected chi connectivity index (χ4v) is 2.91. The Labute approximate surface area is 152 Å². The highest BCUT2D eigenvalue weighted by atomic mass is 16.5. The van der Waals surface area contributed by atoms with Crippen LogP contribution in [0.5, 0.6) is 0 Å². The first kappa shape index (κ1) is 19.5. The topological polar surface area (TPSA) is 61.8 Å². The van der Waals surface area contributed by atoms with Gasteiger partial charge in [0.25, 0.3) is 0 Å². The SMILES string of the molecule is CN=C(NCCCCC(C)C)NCc1cccnc1N1CCOCC1. The van der Waals surface area contributed by atoms with Crippen LogP contribution in [0.1, 0.15) is 38.7 Å². The number of hydrogen-bond acceptors (Lipinski definition) is 4. The number of aliphatic imine (C=N–C) groups is 1. The maximum atomic E-state index is 5.44. The smallest absolute Gasteiger partial charge is 0.191 e. The van der Waals surface area contributed by atoms with E-state index in [-0.39, 0.29) is 0 Å². The molecule has 0 unspecified atom stereocenters. The van der Waals surface area contributed by atoms with Crippen LogP contribution in [0.2, 0.25) is 0 Å². The first-order valence-electron chi connectivity index (χ1n) is 9.41. The second kappa shape index (κ2) is 10.9. The zero-order valence-corrected chi connectivity index (χ0v) is 15.9. The summed E-state index contributed by atoms with van der Waals surface area (Å²) < 4.78 is 5.44. The molecule has 0 atom stereocenters. The Morgan fingerprint density at radius 3 is 2.80 bits per heavy atom. The Hall–Kier alpha value is -1.82. The van der Waals surface area contributed by atoms with E-state index in [9.17, 15) is 0 Å². The predicted octanol–water partition coefficient (Wildman–Crippen LogP) is 2.41. The van der Waals surface area contributed by atoms with Crippen LogP contribution in [0.3, 0.4) is 0 Å². The highest BCUT2D eigenvalue weighted by Crippen LogP contribution is 2.18. The van der Waals surface area contributed by atoms with Crippen LogP contribution in [0.4, 0.5) is 5.82 Å². The fourth-order valence-electron chi connectivity index (χ4n) is 2.91. The van der Waals surface area contributed by atoms with Gasteiger partial charge in [0.2, 0.25) is 0 Å². The molecule has 0 radical (unpaired) electrons. The first-order chi connectivity index (χ1) is 12.2. The molecule has 6 heteroatoms. The molecule has 0 spiro atoms. The molecule has 0 aromatic carbocycles. The van der Waals surface area contributed by atoms with E-state index >= 15 is 0 Å². The van der Waals surface area contributed by atoms with Crippen LogP contribution in [-0.2, 0) is 11.3 Å². The predicted molar refractivity (Wildman–Crippen MR) is 104 cm³/mol. The molecule has 1 aromatic heterocycles. The van der Waals surface area contributed by atoms with E-state index in [0.717, 1.165) is 50.5 Å². The quantitative estimate of drug-likeness (QED) is 0.430. The van der Waals surface area contributed by atoms with E-state index < -0.39 is 0 Å². The molecule has 140 valence electrons. The number of rotatable bonds is 8. The van der Waals surface area contributed by atoms with E-state index in [2.05, 4.69) is 45.4 Å². The highest BCUT2D eigenvalue weighted by Gasteiger charge is 2.15. The Morgan fingerprint density at radius 2 is 2.08 bits per heavy atom. The molecule has 1 aliphatic rings. The molecule has 2 heterocycles. The van der Waals surface area contributed by atoms with Crippen molar-refractivity contribution >= 4 is 11.8 Å². The lowest BCUT2D eigenvalue weighted by molar-refractivity contribution is 0.122. The standard InChI is InChI=1S/C19H33N5O/c1-16(2)7-4-5-9-22-19(20-3)23-15-17-8-6-10-21-18(17)24-11-13-25-14-12-24/h6,8,10,16H,4-5,7,9,11-15H2,1-3H3,(H2,20,22,23). The zero-order chi connectivity index (χ0) is 17.9. The van der Waals surface area contributed by atoms with Gasteiger partial charge in [-0.05, 0) is 18.4 Å². The highest BCUT2D eigenvalue weighted by molar-refractivity contribution is 5.79. The van der Waals surface area contributed by atoms with Crippen molar-refractivity contribution in [1.29, 1.82) is 0 Å². The van der Waals surface area contributed by atoms with Crippen LogP contribution < -0.4 is 15.5 Å². The van der Waals surface area contributed by atoms with Gasteiger partial charge in [-0.25, -0.2) is 4.98 Å². The maximum Gasteiger partial charge on any atom is 0.191 e. The van der Waals surface area contributed by atoms with Crippen LogP contribution in [0.15, 0.2) is 23.3 Å². The van der Waals surface area contributed by atoms with Crippen LogP contribution >= 0.6 is 0 Å². The summed E-state index contributed by atoms with van der Waals surface area (Å²) in [5.41, 5.74) is 1.19. The molecule has 2 rings (SSSR count). The number of hydrogen-bond donors (Lipinski definition) is 2. The second-order valence-electron chi connectivity index (χ2n) is 6.83. The summed E-state index contributed by atoms with van der Waals surface area (Å²) in [6.45, 7) is 9.54. The lowest BCUT2D eigenvalue weighted by Gasteiger charge is -2.29. The van der Waals surface area contributed by atoms with Gasteiger partial charge in [-0.15, -0.1) is 0 Å². The molecule has 0 aliphatic carbocycles. The second-order valence-corrected chi connectivity index (χ2v) is 6.83. The molecule has 1 fully saturated rings. The van der Waals surface area contributed by atoms with Gasteiger partial charge in [0.05, 0.1) is 13.2 Å². The van der Waals surface area contributed by atoms with E-state index in [1.54, 1.807) is 0 Å². The summed E-state index contributed by atoms with van der Waals surface area (Å²) in [6.07, 6.45) is 5.57. The van der Waals surface area contributed by atoms with E-state index in [1.165, 1.54) is 24.8 Å². The molecule has 1 aliphatic heterocycles. The Morgan fingerprint density at radius 1 is 1.28 bits per heavy atom. The Kier molecular flexibility index (Phi) is 8.52. The normalized spacial score (nSPS) is 15.5. The molecule has 0 bridgehead atoms. The summed E-state index contributed by atoms with van der Waals surface area (Å²) in [5.74, 6) is 2.67. The number of unbranched alkanes of at least 4 members (excludes halogenated alkanes) is 1. The van der Waals surface area contributed by atoms with Crippen molar-refractivity contribution < 1.29 is 4.74 Å². The molecule has 0 saturated carbocycles. The molecule has 1 saturated heterocycles. The monoisotopic (exact) mass is 347 g/mol.